The standard InChI is InChI=1S/C17H22N2S/c1-3-8-18-17(15-11-20-10-12(15)2)14-7-6-13-5-4-9-19-16(13)14/h4-5,9-11,14,17-18H,3,6-8H2,1-2H3. The summed E-state index contributed by atoms with van der Waals surface area (Å²) in [5.74, 6) is 0.519. The molecule has 2 unspecified atom stereocenters. The Morgan fingerprint density at radius 1 is 1.45 bits per heavy atom. The van der Waals surface area contributed by atoms with Crippen LogP contribution in [0.15, 0.2) is 29.1 Å². The van der Waals surface area contributed by atoms with Crippen LogP contribution in [0.2, 0.25) is 0 Å². The number of fused-ring (bicyclic) bond motifs is 1. The molecule has 1 N–H and O–H groups in total. The Bertz CT molecular complexity index is 576. The van der Waals surface area contributed by atoms with Gasteiger partial charge in [-0.2, -0.15) is 11.3 Å². The fourth-order valence-corrected chi connectivity index (χ4v) is 4.11. The van der Waals surface area contributed by atoms with E-state index >= 15 is 0 Å². The monoisotopic (exact) mass is 286 g/mol. The van der Waals surface area contributed by atoms with Gasteiger partial charge < -0.3 is 5.32 Å². The molecular formula is C17H22N2S. The van der Waals surface area contributed by atoms with Gasteiger partial charge in [0.05, 0.1) is 0 Å². The van der Waals surface area contributed by atoms with Crippen LogP contribution >= 0.6 is 11.3 Å². The van der Waals surface area contributed by atoms with Gasteiger partial charge in [0.25, 0.3) is 0 Å². The molecular weight excluding hydrogens is 264 g/mol. The summed E-state index contributed by atoms with van der Waals surface area (Å²) in [4.78, 5) is 4.67. The van der Waals surface area contributed by atoms with Gasteiger partial charge in [-0.1, -0.05) is 13.0 Å². The summed E-state index contributed by atoms with van der Waals surface area (Å²) in [5, 5.41) is 8.33. The summed E-state index contributed by atoms with van der Waals surface area (Å²) in [5.41, 5.74) is 5.63. The number of nitrogens with one attached hydrogen (secondary N) is 1. The molecule has 0 saturated carbocycles. The highest BCUT2D eigenvalue weighted by atomic mass is 32.1. The van der Waals surface area contributed by atoms with Crippen LogP contribution in [0.4, 0.5) is 0 Å². The van der Waals surface area contributed by atoms with Crippen molar-refractivity contribution in [3.8, 4) is 0 Å². The first kappa shape index (κ1) is 13.8. The Morgan fingerprint density at radius 3 is 3.10 bits per heavy atom. The first-order valence-corrected chi connectivity index (χ1v) is 8.45. The summed E-state index contributed by atoms with van der Waals surface area (Å²) in [6, 6.07) is 4.71. The molecule has 106 valence electrons. The van der Waals surface area contributed by atoms with E-state index in [4.69, 9.17) is 0 Å². The molecule has 0 fully saturated rings. The molecule has 0 amide bonds. The zero-order valence-corrected chi connectivity index (χ0v) is 13.0. The molecule has 0 radical (unpaired) electrons. The van der Waals surface area contributed by atoms with E-state index in [1.54, 1.807) is 0 Å². The minimum atomic E-state index is 0.414. The predicted octanol–water partition coefficient (Wildman–Crippen LogP) is 4.22. The predicted molar refractivity (Wildman–Crippen MR) is 85.4 cm³/mol. The number of rotatable bonds is 5. The second-order valence-electron chi connectivity index (χ2n) is 5.63. The van der Waals surface area contributed by atoms with Crippen molar-refractivity contribution in [1.82, 2.24) is 10.3 Å². The molecule has 2 nitrogen and oxygen atoms in total. The van der Waals surface area contributed by atoms with Gasteiger partial charge in [-0.25, -0.2) is 0 Å². The van der Waals surface area contributed by atoms with Crippen molar-refractivity contribution in [1.29, 1.82) is 0 Å². The summed E-state index contributed by atoms with van der Waals surface area (Å²) in [7, 11) is 0. The Balaban J connectivity index is 1.93. The average Bonchev–Trinajstić information content (AvgIpc) is 3.07. The normalized spacial score (nSPS) is 19.0. The van der Waals surface area contributed by atoms with E-state index in [0.29, 0.717) is 12.0 Å². The number of aromatic nitrogens is 1. The summed E-state index contributed by atoms with van der Waals surface area (Å²) < 4.78 is 0. The van der Waals surface area contributed by atoms with Crippen LogP contribution in [-0.4, -0.2) is 11.5 Å². The Morgan fingerprint density at radius 2 is 2.35 bits per heavy atom. The van der Waals surface area contributed by atoms with Crippen LogP contribution in [0.1, 0.15) is 54.1 Å². The topological polar surface area (TPSA) is 24.9 Å². The summed E-state index contributed by atoms with van der Waals surface area (Å²) >= 11 is 1.81. The molecule has 3 rings (SSSR count). The maximum atomic E-state index is 4.67. The van der Waals surface area contributed by atoms with Crippen molar-refractivity contribution in [2.75, 3.05) is 6.54 Å². The number of aryl methyl sites for hydroxylation is 2. The second-order valence-corrected chi connectivity index (χ2v) is 6.38. The van der Waals surface area contributed by atoms with Gasteiger partial charge in [0, 0.05) is 23.9 Å². The van der Waals surface area contributed by atoms with Crippen LogP contribution in [-0.2, 0) is 6.42 Å². The highest BCUT2D eigenvalue weighted by Gasteiger charge is 2.32. The Hall–Kier alpha value is -1.19. The molecule has 0 aliphatic heterocycles. The second kappa shape index (κ2) is 6.06. The van der Waals surface area contributed by atoms with E-state index in [2.05, 4.69) is 47.0 Å². The van der Waals surface area contributed by atoms with Gasteiger partial charge >= 0.3 is 0 Å². The van der Waals surface area contributed by atoms with Gasteiger partial charge in [0.15, 0.2) is 0 Å². The molecule has 3 heteroatoms. The van der Waals surface area contributed by atoms with E-state index < -0.39 is 0 Å². The lowest BCUT2D eigenvalue weighted by molar-refractivity contribution is 0.437. The number of thiophene rings is 1. The lowest BCUT2D eigenvalue weighted by atomic mass is 9.90. The lowest BCUT2D eigenvalue weighted by Gasteiger charge is -2.25. The molecule has 2 aromatic rings. The fourth-order valence-electron chi connectivity index (χ4n) is 3.23. The van der Waals surface area contributed by atoms with E-state index in [1.165, 1.54) is 41.6 Å². The lowest BCUT2D eigenvalue weighted by Crippen LogP contribution is -2.27. The zero-order valence-electron chi connectivity index (χ0n) is 12.2. The maximum Gasteiger partial charge on any atom is 0.0485 e. The van der Waals surface area contributed by atoms with Crippen LogP contribution in [0.5, 0.6) is 0 Å². The first-order valence-electron chi connectivity index (χ1n) is 7.51. The van der Waals surface area contributed by atoms with E-state index in [1.807, 2.05) is 17.5 Å². The van der Waals surface area contributed by atoms with Crippen molar-refractivity contribution in [2.45, 2.75) is 45.1 Å². The van der Waals surface area contributed by atoms with Gasteiger partial charge in [0.2, 0.25) is 0 Å². The molecule has 2 atom stereocenters. The number of hydrogen-bond acceptors (Lipinski definition) is 3. The summed E-state index contributed by atoms with van der Waals surface area (Å²) in [6.07, 6.45) is 5.49. The SMILES string of the molecule is CCCNC(c1cscc1C)C1CCc2cccnc21. The van der Waals surface area contributed by atoms with Gasteiger partial charge in [-0.05, 0) is 66.2 Å². The Labute approximate surface area is 125 Å². The van der Waals surface area contributed by atoms with Crippen molar-refractivity contribution in [3.63, 3.8) is 0 Å². The third-order valence-corrected chi connectivity index (χ3v) is 5.13. The van der Waals surface area contributed by atoms with Gasteiger partial charge in [-0.3, -0.25) is 4.98 Å². The largest absolute Gasteiger partial charge is 0.309 e. The molecule has 2 heterocycles. The van der Waals surface area contributed by atoms with Crippen molar-refractivity contribution >= 4 is 11.3 Å². The molecule has 0 spiro atoms. The quantitative estimate of drug-likeness (QED) is 0.890. The molecule has 1 aliphatic carbocycles. The average molecular weight is 286 g/mol. The number of nitrogens with zero attached hydrogens (tertiary/aromatic N) is 1. The molecule has 0 saturated heterocycles. The zero-order chi connectivity index (χ0) is 13.9. The minimum Gasteiger partial charge on any atom is -0.309 e. The minimum absolute atomic E-state index is 0.414. The first-order chi connectivity index (χ1) is 9.81. The molecule has 20 heavy (non-hydrogen) atoms. The van der Waals surface area contributed by atoms with E-state index in [9.17, 15) is 0 Å². The van der Waals surface area contributed by atoms with Crippen LogP contribution in [0, 0.1) is 6.92 Å². The van der Waals surface area contributed by atoms with E-state index in [0.717, 1.165) is 6.54 Å². The van der Waals surface area contributed by atoms with Gasteiger partial charge in [0.1, 0.15) is 0 Å². The molecule has 0 aromatic carbocycles. The van der Waals surface area contributed by atoms with Crippen LogP contribution in [0.3, 0.4) is 0 Å². The number of hydrogen-bond donors (Lipinski definition) is 1. The number of pyridine rings is 1. The van der Waals surface area contributed by atoms with Crippen molar-refractivity contribution in [2.24, 2.45) is 0 Å². The highest BCUT2D eigenvalue weighted by Crippen LogP contribution is 2.41. The summed E-state index contributed by atoms with van der Waals surface area (Å²) in [6.45, 7) is 5.52. The van der Waals surface area contributed by atoms with Crippen LogP contribution < -0.4 is 5.32 Å². The highest BCUT2D eigenvalue weighted by molar-refractivity contribution is 7.08. The van der Waals surface area contributed by atoms with E-state index in [-0.39, 0.29) is 0 Å². The Kier molecular flexibility index (Phi) is 4.18. The third-order valence-electron chi connectivity index (χ3n) is 4.25. The van der Waals surface area contributed by atoms with Crippen molar-refractivity contribution < 1.29 is 0 Å². The molecule has 0 bridgehead atoms. The van der Waals surface area contributed by atoms with Crippen molar-refractivity contribution in [3.05, 3.63) is 51.5 Å². The van der Waals surface area contributed by atoms with Gasteiger partial charge in [-0.15, -0.1) is 0 Å². The molecule has 1 aliphatic rings. The fraction of sp³-hybridized carbons (Fsp3) is 0.471. The smallest absolute Gasteiger partial charge is 0.0485 e. The van der Waals surface area contributed by atoms with Crippen LogP contribution in [0.25, 0.3) is 0 Å². The third kappa shape index (κ3) is 2.52. The maximum absolute atomic E-state index is 4.67. The molecule has 2 aromatic heterocycles.